The van der Waals surface area contributed by atoms with E-state index in [4.69, 9.17) is 0 Å². The van der Waals surface area contributed by atoms with Gasteiger partial charge < -0.3 is 9.88 Å². The van der Waals surface area contributed by atoms with Crippen molar-refractivity contribution in [1.82, 2.24) is 9.88 Å². The van der Waals surface area contributed by atoms with Gasteiger partial charge in [-0.3, -0.25) is 9.59 Å². The van der Waals surface area contributed by atoms with Gasteiger partial charge in [0.05, 0.1) is 15.8 Å². The summed E-state index contributed by atoms with van der Waals surface area (Å²) in [5.74, 6) is 0.242. The number of rotatable bonds is 6. The summed E-state index contributed by atoms with van der Waals surface area (Å²) in [5.41, 5.74) is 5.02. The maximum atomic E-state index is 13.1. The van der Waals surface area contributed by atoms with E-state index in [9.17, 15) is 9.59 Å². The highest BCUT2D eigenvalue weighted by Crippen LogP contribution is 2.67. The fraction of sp³-hybridized carbons (Fsp3) is 0.259. The van der Waals surface area contributed by atoms with Crippen LogP contribution in [0.5, 0.6) is 0 Å². The minimum absolute atomic E-state index is 0.0209. The quantitative estimate of drug-likeness (QED) is 0.421. The summed E-state index contributed by atoms with van der Waals surface area (Å²) in [6, 6.07) is 21.1. The zero-order valence-electron chi connectivity index (χ0n) is 17.9. The first-order valence-corrected chi connectivity index (χ1v) is 11.9. The zero-order valence-corrected chi connectivity index (χ0v) is 18.7. The van der Waals surface area contributed by atoms with Gasteiger partial charge in [0.15, 0.2) is 0 Å². The Hall–Kier alpha value is -3.18. The highest BCUT2D eigenvalue weighted by atomic mass is 32.1. The number of carbonyl (C=O) groups is 2. The summed E-state index contributed by atoms with van der Waals surface area (Å²) in [7, 11) is 0. The first-order valence-electron chi connectivity index (χ1n) is 11.0. The van der Waals surface area contributed by atoms with Gasteiger partial charge in [-0.2, -0.15) is 0 Å². The molecule has 4 aromatic rings. The van der Waals surface area contributed by atoms with E-state index in [0.29, 0.717) is 6.54 Å². The molecule has 2 aromatic carbocycles. The summed E-state index contributed by atoms with van der Waals surface area (Å²) in [5, 5.41) is 5.20. The number of ketones is 1. The van der Waals surface area contributed by atoms with E-state index in [1.54, 1.807) is 18.3 Å². The van der Waals surface area contributed by atoms with Crippen molar-refractivity contribution < 1.29 is 9.59 Å². The van der Waals surface area contributed by atoms with Crippen LogP contribution >= 0.6 is 11.3 Å². The molecule has 3 aliphatic rings. The van der Waals surface area contributed by atoms with Gasteiger partial charge in [0.25, 0.3) is 5.91 Å². The van der Waals surface area contributed by atoms with Crippen molar-refractivity contribution in [2.24, 2.45) is 5.41 Å². The summed E-state index contributed by atoms with van der Waals surface area (Å²) >= 11 is 1.61. The third-order valence-corrected chi connectivity index (χ3v) is 8.24. The normalized spacial score (nSPS) is 23.4. The van der Waals surface area contributed by atoms with Gasteiger partial charge in [-0.1, -0.05) is 54.6 Å². The molecule has 4 nitrogen and oxygen atoms in total. The van der Waals surface area contributed by atoms with Gasteiger partial charge in [0.1, 0.15) is 5.78 Å². The molecule has 0 atom stereocenters. The van der Waals surface area contributed by atoms with Crippen molar-refractivity contribution in [3.05, 3.63) is 83.4 Å². The van der Waals surface area contributed by atoms with E-state index in [0.717, 1.165) is 35.0 Å². The van der Waals surface area contributed by atoms with Crippen molar-refractivity contribution >= 4 is 33.2 Å². The molecule has 0 spiro atoms. The molecule has 2 aromatic heterocycles. The number of hydrogen-bond acceptors (Lipinski definition) is 3. The Kier molecular flexibility index (Phi) is 4.21. The van der Waals surface area contributed by atoms with Crippen molar-refractivity contribution in [3.8, 4) is 11.1 Å². The molecule has 3 fully saturated rings. The molecule has 0 aliphatic heterocycles. The molecule has 2 bridgehead atoms. The maximum Gasteiger partial charge on any atom is 0.254 e. The Bertz CT molecular complexity index is 1330. The van der Waals surface area contributed by atoms with Gasteiger partial charge >= 0.3 is 0 Å². The van der Waals surface area contributed by atoms with E-state index in [-0.39, 0.29) is 22.6 Å². The monoisotopic (exact) mass is 440 g/mol. The van der Waals surface area contributed by atoms with Crippen LogP contribution in [0.4, 0.5) is 0 Å². The minimum atomic E-state index is -0.165. The van der Waals surface area contributed by atoms with E-state index >= 15 is 0 Å². The topological polar surface area (TPSA) is 51.1 Å². The molecule has 1 N–H and O–H groups in total. The van der Waals surface area contributed by atoms with Crippen molar-refractivity contribution in [2.75, 3.05) is 0 Å². The first-order chi connectivity index (χ1) is 15.5. The van der Waals surface area contributed by atoms with E-state index in [2.05, 4.69) is 70.7 Å². The highest BCUT2D eigenvalue weighted by molar-refractivity contribution is 7.17. The molecular weight excluding hydrogens is 416 g/mol. The minimum Gasteiger partial charge on any atom is -0.346 e. The molecule has 1 amide bonds. The van der Waals surface area contributed by atoms with E-state index in [1.807, 2.05) is 11.4 Å². The number of aromatic nitrogens is 1. The molecule has 5 heteroatoms. The second kappa shape index (κ2) is 6.91. The predicted molar refractivity (Wildman–Crippen MR) is 128 cm³/mol. The van der Waals surface area contributed by atoms with Crippen LogP contribution in [0.15, 0.2) is 72.2 Å². The van der Waals surface area contributed by atoms with Gasteiger partial charge in [-0.05, 0) is 48.9 Å². The Labute approximate surface area is 190 Å². The van der Waals surface area contributed by atoms with Crippen molar-refractivity contribution in [2.45, 2.75) is 38.3 Å². The summed E-state index contributed by atoms with van der Waals surface area (Å²) in [6.45, 7) is 2.39. The molecule has 0 saturated heterocycles. The lowest BCUT2D eigenvalue weighted by Gasteiger charge is -2.69. The van der Waals surface area contributed by atoms with Crippen LogP contribution < -0.4 is 5.32 Å². The Morgan fingerprint density at radius 2 is 1.66 bits per heavy atom. The van der Waals surface area contributed by atoms with Crippen molar-refractivity contribution in [1.29, 1.82) is 0 Å². The van der Waals surface area contributed by atoms with Crippen LogP contribution in [-0.4, -0.2) is 21.8 Å². The fourth-order valence-corrected chi connectivity index (χ4v) is 6.48. The second-order valence-electron chi connectivity index (χ2n) is 9.47. The highest BCUT2D eigenvalue weighted by Gasteiger charge is 2.70. The van der Waals surface area contributed by atoms with Crippen LogP contribution in [0.25, 0.3) is 21.3 Å². The van der Waals surface area contributed by atoms with E-state index < -0.39 is 0 Å². The largest absolute Gasteiger partial charge is 0.346 e. The molecular formula is C27H24N2O2S. The number of hydrogen-bond donors (Lipinski definition) is 1. The standard InChI is InChI=1S/C27H24N2O2S/c1-18(30)26-15-27(16-26,17-26)28-25(31)22-14-32-23-11-12-29(24(22)23)13-19-7-9-21(10-8-19)20-5-3-2-4-6-20/h2-12,14H,13,15-17H2,1H3,(H,28,31). The molecule has 7 rings (SSSR count). The molecule has 32 heavy (non-hydrogen) atoms. The fourth-order valence-electron chi connectivity index (χ4n) is 5.54. The van der Waals surface area contributed by atoms with Crippen LogP contribution in [0.3, 0.4) is 0 Å². The first kappa shape index (κ1) is 19.5. The lowest BCUT2D eigenvalue weighted by molar-refractivity contribution is -0.173. The average Bonchev–Trinajstić information content (AvgIpc) is 3.33. The molecule has 3 aliphatic carbocycles. The van der Waals surface area contributed by atoms with Crippen molar-refractivity contribution in [3.63, 3.8) is 0 Å². The molecule has 3 saturated carbocycles. The third-order valence-electron chi connectivity index (χ3n) is 7.30. The lowest BCUT2D eigenvalue weighted by Crippen LogP contribution is -2.76. The van der Waals surface area contributed by atoms with Gasteiger partial charge in [-0.25, -0.2) is 0 Å². The van der Waals surface area contributed by atoms with Gasteiger partial charge in [0, 0.05) is 29.1 Å². The Balaban J connectivity index is 1.21. The lowest BCUT2D eigenvalue weighted by atomic mass is 9.38. The second-order valence-corrected chi connectivity index (χ2v) is 10.4. The smallest absolute Gasteiger partial charge is 0.254 e. The number of nitrogens with one attached hydrogen (secondary N) is 1. The summed E-state index contributed by atoms with van der Waals surface area (Å²) in [4.78, 5) is 24.9. The number of carbonyl (C=O) groups excluding carboxylic acids is 2. The van der Waals surface area contributed by atoms with Gasteiger partial charge in [-0.15, -0.1) is 11.3 Å². The van der Waals surface area contributed by atoms with E-state index in [1.165, 1.54) is 16.7 Å². The van der Waals surface area contributed by atoms with Crippen LogP contribution in [0.1, 0.15) is 42.1 Å². The number of amides is 1. The molecule has 2 heterocycles. The van der Waals surface area contributed by atoms with Crippen LogP contribution in [0.2, 0.25) is 0 Å². The molecule has 0 radical (unpaired) electrons. The number of nitrogens with zero attached hydrogens (tertiary/aromatic N) is 1. The number of thiophene rings is 1. The number of benzene rings is 2. The SMILES string of the molecule is CC(=O)C12CC(NC(=O)c3csc4ccn(Cc5ccc(-c6ccccc6)cc5)c34)(C1)C2. The van der Waals surface area contributed by atoms with Crippen LogP contribution in [-0.2, 0) is 11.3 Å². The predicted octanol–water partition coefficient (Wildman–Crippen LogP) is 5.66. The number of Topliss-reactive ketones (excluding diaryl/α,β-unsaturated/α-hetero) is 1. The molecule has 0 unspecified atom stereocenters. The third kappa shape index (κ3) is 2.95. The zero-order chi connectivity index (χ0) is 21.9. The average molecular weight is 441 g/mol. The van der Waals surface area contributed by atoms with Crippen LogP contribution in [0, 0.1) is 5.41 Å². The Morgan fingerprint density at radius 3 is 2.34 bits per heavy atom. The maximum absolute atomic E-state index is 13.1. The number of fused-ring (bicyclic) bond motifs is 1. The Morgan fingerprint density at radius 1 is 0.969 bits per heavy atom. The summed E-state index contributed by atoms with van der Waals surface area (Å²) in [6.07, 6.45) is 4.45. The summed E-state index contributed by atoms with van der Waals surface area (Å²) < 4.78 is 3.28. The molecule has 160 valence electrons. The van der Waals surface area contributed by atoms with Gasteiger partial charge in [0.2, 0.25) is 0 Å².